The molecular weight excluding hydrogens is 529 g/mol. The molecular formula is C30H28FN5O3S. The van der Waals surface area contributed by atoms with Crippen LogP contribution in [0, 0.1) is 6.92 Å². The number of hydrogen-bond acceptors (Lipinski definition) is 8. The second kappa shape index (κ2) is 10.4. The van der Waals surface area contributed by atoms with Crippen LogP contribution in [0.15, 0.2) is 81.4 Å². The third-order valence-electron chi connectivity index (χ3n) is 7.02. The standard InChI is InChI=1S/C30H28FN5O3S/c1-18-17-40-28(35-18)24-13-23(31)16-36(24)29(37)22-11-20(26-33-8-9-38-26)10-21(12-22)27-34-15-25(39-27)30(2,32)14-19-6-4-3-5-7-19/h3-12,15,17,23-24H,13-14,16,32H2,1-2H3/t23-,24+,30+/m0/s1. The molecule has 2 N–H and O–H groups in total. The number of amides is 1. The van der Waals surface area contributed by atoms with Gasteiger partial charge in [-0.05, 0) is 44.0 Å². The van der Waals surface area contributed by atoms with E-state index in [9.17, 15) is 9.18 Å². The highest BCUT2D eigenvalue weighted by Gasteiger charge is 2.38. The lowest BCUT2D eigenvalue weighted by atomic mass is 9.92. The molecule has 10 heteroatoms. The van der Waals surface area contributed by atoms with Gasteiger partial charge in [-0.15, -0.1) is 11.3 Å². The summed E-state index contributed by atoms with van der Waals surface area (Å²) in [5.74, 6) is 0.846. The van der Waals surface area contributed by atoms with Crippen LogP contribution in [0.2, 0.25) is 0 Å². The van der Waals surface area contributed by atoms with Gasteiger partial charge in [-0.25, -0.2) is 19.3 Å². The molecule has 5 aromatic rings. The van der Waals surface area contributed by atoms with Gasteiger partial charge in [0.15, 0.2) is 0 Å². The van der Waals surface area contributed by atoms with Gasteiger partial charge >= 0.3 is 0 Å². The largest absolute Gasteiger partial charge is 0.445 e. The summed E-state index contributed by atoms with van der Waals surface area (Å²) in [6.07, 6.45) is 4.25. The number of likely N-dealkylation sites (tertiary alicyclic amines) is 1. The SMILES string of the molecule is Cc1csc([C@H]2C[C@H](F)CN2C(=O)c2cc(-c3ncco3)cc(-c3ncc([C@](C)(N)Cc4ccccc4)o3)c2)n1. The lowest BCUT2D eigenvalue weighted by Gasteiger charge is -2.23. The van der Waals surface area contributed by atoms with Gasteiger partial charge in [0.25, 0.3) is 5.91 Å². The van der Waals surface area contributed by atoms with Crippen molar-refractivity contribution in [1.29, 1.82) is 0 Å². The van der Waals surface area contributed by atoms with Gasteiger partial charge in [-0.3, -0.25) is 4.79 Å². The van der Waals surface area contributed by atoms with E-state index >= 15 is 0 Å². The van der Waals surface area contributed by atoms with Crippen LogP contribution in [0.4, 0.5) is 4.39 Å². The lowest BCUT2D eigenvalue weighted by Crippen LogP contribution is -2.35. The molecule has 3 aromatic heterocycles. The molecule has 2 aromatic carbocycles. The van der Waals surface area contributed by atoms with Gasteiger partial charge < -0.3 is 19.5 Å². The van der Waals surface area contributed by atoms with Crippen LogP contribution in [-0.2, 0) is 12.0 Å². The summed E-state index contributed by atoms with van der Waals surface area (Å²) < 4.78 is 26.3. The number of carbonyl (C=O) groups is 1. The van der Waals surface area contributed by atoms with Crippen molar-refractivity contribution < 1.29 is 18.0 Å². The van der Waals surface area contributed by atoms with Crippen molar-refractivity contribution in [2.45, 2.75) is 44.4 Å². The van der Waals surface area contributed by atoms with Crippen molar-refractivity contribution in [2.24, 2.45) is 5.73 Å². The Morgan fingerprint density at radius 1 is 1.18 bits per heavy atom. The molecule has 0 unspecified atom stereocenters. The van der Waals surface area contributed by atoms with Gasteiger partial charge in [0.1, 0.15) is 23.2 Å². The Labute approximate surface area is 234 Å². The zero-order valence-electron chi connectivity index (χ0n) is 22.1. The highest BCUT2D eigenvalue weighted by Crippen LogP contribution is 2.37. The number of aryl methyl sites for hydroxylation is 1. The number of oxazole rings is 2. The average molecular weight is 558 g/mol. The zero-order valence-corrected chi connectivity index (χ0v) is 22.9. The fraction of sp³-hybridized carbons (Fsp3) is 0.267. The van der Waals surface area contributed by atoms with Crippen molar-refractivity contribution in [3.8, 4) is 22.9 Å². The number of alkyl halides is 1. The third-order valence-corrected chi connectivity index (χ3v) is 8.09. The Hall–Kier alpha value is -4.15. The van der Waals surface area contributed by atoms with Crippen LogP contribution in [0.25, 0.3) is 22.9 Å². The highest BCUT2D eigenvalue weighted by atomic mass is 32.1. The van der Waals surface area contributed by atoms with Crippen LogP contribution >= 0.6 is 11.3 Å². The Morgan fingerprint density at radius 2 is 1.95 bits per heavy atom. The first-order valence-electron chi connectivity index (χ1n) is 13.0. The number of halogens is 1. The minimum Gasteiger partial charge on any atom is -0.445 e. The van der Waals surface area contributed by atoms with Crippen LogP contribution in [0.5, 0.6) is 0 Å². The van der Waals surface area contributed by atoms with E-state index in [1.165, 1.54) is 23.8 Å². The molecule has 0 spiro atoms. The Bertz CT molecular complexity index is 1630. The van der Waals surface area contributed by atoms with Crippen molar-refractivity contribution in [1.82, 2.24) is 19.9 Å². The first-order valence-corrected chi connectivity index (χ1v) is 13.9. The van der Waals surface area contributed by atoms with Crippen LogP contribution in [0.3, 0.4) is 0 Å². The van der Waals surface area contributed by atoms with Crippen molar-refractivity contribution in [2.75, 3.05) is 6.54 Å². The summed E-state index contributed by atoms with van der Waals surface area (Å²) in [7, 11) is 0. The summed E-state index contributed by atoms with van der Waals surface area (Å²) in [6.45, 7) is 3.77. The molecule has 4 heterocycles. The van der Waals surface area contributed by atoms with Crippen molar-refractivity contribution in [3.63, 3.8) is 0 Å². The predicted molar refractivity (Wildman–Crippen MR) is 149 cm³/mol. The smallest absolute Gasteiger partial charge is 0.254 e. The number of hydrogen-bond donors (Lipinski definition) is 1. The van der Waals surface area contributed by atoms with Crippen molar-refractivity contribution >= 4 is 17.2 Å². The molecule has 0 bridgehead atoms. The zero-order chi connectivity index (χ0) is 27.9. The van der Waals surface area contributed by atoms with E-state index in [2.05, 4.69) is 15.0 Å². The second-order valence-electron chi connectivity index (χ2n) is 10.4. The van der Waals surface area contributed by atoms with Gasteiger partial charge in [0, 0.05) is 34.2 Å². The minimum absolute atomic E-state index is 0.00510. The summed E-state index contributed by atoms with van der Waals surface area (Å²) in [5.41, 5.74) is 9.24. The number of carbonyl (C=O) groups excluding carboxylic acids is 1. The number of nitrogens with zero attached hydrogens (tertiary/aromatic N) is 4. The first-order chi connectivity index (χ1) is 19.3. The number of benzene rings is 2. The maximum Gasteiger partial charge on any atom is 0.254 e. The summed E-state index contributed by atoms with van der Waals surface area (Å²) in [4.78, 5) is 28.7. The molecule has 1 saturated heterocycles. The third kappa shape index (κ3) is 5.20. The molecule has 40 heavy (non-hydrogen) atoms. The van der Waals surface area contributed by atoms with E-state index in [1.807, 2.05) is 49.6 Å². The number of thiazole rings is 1. The topological polar surface area (TPSA) is 111 Å². The monoisotopic (exact) mass is 557 g/mol. The van der Waals surface area contributed by atoms with Crippen molar-refractivity contribution in [3.05, 3.63) is 100 Å². The quantitative estimate of drug-likeness (QED) is 0.257. The molecule has 3 atom stereocenters. The van der Waals surface area contributed by atoms with Crippen LogP contribution < -0.4 is 5.73 Å². The minimum atomic E-state index is -1.13. The van der Waals surface area contributed by atoms with Gasteiger partial charge in [0.2, 0.25) is 11.8 Å². The molecule has 1 fully saturated rings. The lowest BCUT2D eigenvalue weighted by molar-refractivity contribution is 0.0728. The molecule has 0 saturated carbocycles. The number of rotatable bonds is 7. The Morgan fingerprint density at radius 3 is 2.65 bits per heavy atom. The Kier molecular flexibility index (Phi) is 6.81. The van der Waals surface area contributed by atoms with E-state index < -0.39 is 17.8 Å². The van der Waals surface area contributed by atoms with Gasteiger partial charge in [0.05, 0.1) is 30.5 Å². The molecule has 1 aliphatic heterocycles. The average Bonchev–Trinajstić information content (AvgIpc) is 3.76. The van der Waals surface area contributed by atoms with Gasteiger partial charge in [-0.1, -0.05) is 30.3 Å². The fourth-order valence-electron chi connectivity index (χ4n) is 5.08. The van der Waals surface area contributed by atoms with Crippen LogP contribution in [0.1, 0.15) is 51.8 Å². The predicted octanol–water partition coefficient (Wildman–Crippen LogP) is 6.10. The first kappa shape index (κ1) is 26.1. The normalized spacial score (nSPS) is 18.6. The fourth-order valence-corrected chi connectivity index (χ4v) is 6.00. The maximum atomic E-state index is 14.6. The molecule has 1 amide bonds. The van der Waals surface area contributed by atoms with E-state index in [0.29, 0.717) is 40.7 Å². The molecule has 0 aliphatic carbocycles. The van der Waals surface area contributed by atoms with E-state index in [-0.39, 0.29) is 18.9 Å². The molecule has 8 nitrogen and oxygen atoms in total. The second-order valence-corrected chi connectivity index (χ2v) is 11.3. The van der Waals surface area contributed by atoms with E-state index in [4.69, 9.17) is 14.6 Å². The number of nitrogens with two attached hydrogens (primary N) is 1. The number of aromatic nitrogens is 3. The Balaban J connectivity index is 1.36. The molecule has 6 rings (SSSR count). The van der Waals surface area contributed by atoms with Crippen LogP contribution in [-0.4, -0.2) is 38.5 Å². The molecule has 204 valence electrons. The summed E-state index contributed by atoms with van der Waals surface area (Å²) in [6, 6.07) is 14.7. The summed E-state index contributed by atoms with van der Waals surface area (Å²) >= 11 is 1.44. The maximum absolute atomic E-state index is 14.6. The molecule has 0 radical (unpaired) electrons. The van der Waals surface area contributed by atoms with E-state index in [1.54, 1.807) is 29.3 Å². The van der Waals surface area contributed by atoms with E-state index in [0.717, 1.165) is 16.3 Å². The summed E-state index contributed by atoms with van der Waals surface area (Å²) in [5, 5.41) is 2.64. The highest BCUT2D eigenvalue weighted by molar-refractivity contribution is 7.09. The molecule has 1 aliphatic rings. The van der Waals surface area contributed by atoms with Gasteiger partial charge in [-0.2, -0.15) is 0 Å².